The van der Waals surface area contributed by atoms with Gasteiger partial charge >= 0.3 is 0 Å². The standard InChI is InChI=1S/C6H10N2O6S/c9-4(3-15(12,13)14)2-8-6(11)1-5(10)7-8/h4,9H,1-3H2,(H,7,10)(H,12,13,14). The maximum atomic E-state index is 11.0. The lowest BCUT2D eigenvalue weighted by molar-refractivity contribution is -0.131. The van der Waals surface area contributed by atoms with Gasteiger partial charge in [-0.2, -0.15) is 8.42 Å². The van der Waals surface area contributed by atoms with Gasteiger partial charge in [0.25, 0.3) is 16.0 Å². The number of amides is 2. The van der Waals surface area contributed by atoms with E-state index in [2.05, 4.69) is 5.43 Å². The van der Waals surface area contributed by atoms with Crippen molar-refractivity contribution >= 4 is 21.9 Å². The normalized spacial score (nSPS) is 19.2. The summed E-state index contributed by atoms with van der Waals surface area (Å²) < 4.78 is 29.1. The summed E-state index contributed by atoms with van der Waals surface area (Å²) in [5, 5.41) is 9.98. The molecule has 86 valence electrons. The number of rotatable bonds is 4. The SMILES string of the molecule is O=C1CC(=O)N(CC(O)CS(=O)(=O)O)N1. The Morgan fingerprint density at radius 2 is 2.07 bits per heavy atom. The molecule has 1 saturated heterocycles. The van der Waals surface area contributed by atoms with E-state index < -0.39 is 33.8 Å². The van der Waals surface area contributed by atoms with Gasteiger partial charge in [-0.15, -0.1) is 0 Å². The Balaban J connectivity index is 2.49. The number of nitrogens with one attached hydrogen (secondary N) is 1. The highest BCUT2D eigenvalue weighted by molar-refractivity contribution is 7.85. The van der Waals surface area contributed by atoms with E-state index in [-0.39, 0.29) is 13.0 Å². The van der Waals surface area contributed by atoms with Crippen molar-refractivity contribution in [3.05, 3.63) is 0 Å². The molecule has 1 aliphatic rings. The zero-order chi connectivity index (χ0) is 11.6. The molecule has 0 spiro atoms. The topological polar surface area (TPSA) is 124 Å². The summed E-state index contributed by atoms with van der Waals surface area (Å²) in [7, 11) is -4.30. The molecule has 1 atom stereocenters. The number of carbonyl (C=O) groups is 2. The van der Waals surface area contributed by atoms with E-state index >= 15 is 0 Å². The number of aliphatic hydroxyl groups excluding tert-OH is 1. The lowest BCUT2D eigenvalue weighted by atomic mass is 10.4. The van der Waals surface area contributed by atoms with Crippen LogP contribution in [-0.2, 0) is 19.7 Å². The van der Waals surface area contributed by atoms with Gasteiger partial charge in [-0.05, 0) is 0 Å². The summed E-state index contributed by atoms with van der Waals surface area (Å²) in [6, 6.07) is 0. The Morgan fingerprint density at radius 3 is 2.47 bits per heavy atom. The van der Waals surface area contributed by atoms with Gasteiger partial charge in [0.2, 0.25) is 5.91 Å². The Hall–Kier alpha value is -1.19. The van der Waals surface area contributed by atoms with E-state index in [9.17, 15) is 18.0 Å². The van der Waals surface area contributed by atoms with Crippen LogP contribution in [0.15, 0.2) is 0 Å². The first-order chi connectivity index (χ1) is 6.78. The van der Waals surface area contributed by atoms with Crippen molar-refractivity contribution in [2.75, 3.05) is 12.3 Å². The van der Waals surface area contributed by atoms with E-state index in [0.29, 0.717) is 0 Å². The molecule has 1 rings (SSSR count). The van der Waals surface area contributed by atoms with Gasteiger partial charge in [0.15, 0.2) is 0 Å². The van der Waals surface area contributed by atoms with Crippen LogP contribution in [-0.4, -0.2) is 53.3 Å². The summed E-state index contributed by atoms with van der Waals surface area (Å²) in [6.07, 6.45) is -1.76. The van der Waals surface area contributed by atoms with Gasteiger partial charge in [0, 0.05) is 0 Å². The van der Waals surface area contributed by atoms with Crippen LogP contribution in [0.25, 0.3) is 0 Å². The molecule has 1 unspecified atom stereocenters. The van der Waals surface area contributed by atoms with Crippen molar-refractivity contribution in [1.29, 1.82) is 0 Å². The van der Waals surface area contributed by atoms with Crippen LogP contribution in [0, 0.1) is 0 Å². The van der Waals surface area contributed by atoms with Crippen molar-refractivity contribution in [2.45, 2.75) is 12.5 Å². The number of carbonyl (C=O) groups excluding carboxylic acids is 2. The minimum atomic E-state index is -4.30. The average Bonchev–Trinajstić information content (AvgIpc) is 2.25. The predicted octanol–water partition coefficient (Wildman–Crippen LogP) is -2.50. The number of β-amino-alcohol motifs (C(OH)–C–C–N with tert-alkyl or cyclic N) is 1. The van der Waals surface area contributed by atoms with Gasteiger partial charge < -0.3 is 5.11 Å². The van der Waals surface area contributed by atoms with Crippen molar-refractivity contribution in [3.8, 4) is 0 Å². The fraction of sp³-hybridized carbons (Fsp3) is 0.667. The molecular weight excluding hydrogens is 228 g/mol. The zero-order valence-electron chi connectivity index (χ0n) is 7.58. The molecule has 1 aliphatic heterocycles. The molecule has 0 aromatic rings. The number of hydrogen-bond donors (Lipinski definition) is 3. The molecule has 0 saturated carbocycles. The Morgan fingerprint density at radius 1 is 1.47 bits per heavy atom. The number of aliphatic hydroxyl groups is 1. The fourth-order valence-electron chi connectivity index (χ4n) is 1.14. The van der Waals surface area contributed by atoms with E-state index in [1.54, 1.807) is 0 Å². The second-order valence-corrected chi connectivity index (χ2v) is 4.62. The molecule has 8 nitrogen and oxygen atoms in total. The molecule has 1 fully saturated rings. The monoisotopic (exact) mass is 238 g/mol. The third-order valence-electron chi connectivity index (χ3n) is 1.67. The smallest absolute Gasteiger partial charge is 0.267 e. The molecule has 2 amide bonds. The highest BCUT2D eigenvalue weighted by atomic mass is 32.2. The molecule has 0 aliphatic carbocycles. The van der Waals surface area contributed by atoms with E-state index in [0.717, 1.165) is 5.01 Å². The number of nitrogens with zero attached hydrogens (tertiary/aromatic N) is 1. The largest absolute Gasteiger partial charge is 0.390 e. The third-order valence-corrected chi connectivity index (χ3v) is 2.47. The first kappa shape index (κ1) is 11.9. The molecule has 0 bridgehead atoms. The van der Waals surface area contributed by atoms with E-state index in [1.807, 2.05) is 0 Å². The lowest BCUT2D eigenvalue weighted by Gasteiger charge is -2.18. The van der Waals surface area contributed by atoms with Gasteiger partial charge in [-0.1, -0.05) is 0 Å². The van der Waals surface area contributed by atoms with Crippen LogP contribution in [0.3, 0.4) is 0 Å². The Bertz CT molecular complexity index is 377. The van der Waals surface area contributed by atoms with E-state index in [1.165, 1.54) is 0 Å². The zero-order valence-corrected chi connectivity index (χ0v) is 8.40. The van der Waals surface area contributed by atoms with Gasteiger partial charge in [0.1, 0.15) is 12.2 Å². The van der Waals surface area contributed by atoms with Gasteiger partial charge in [-0.3, -0.25) is 24.6 Å². The van der Waals surface area contributed by atoms with Crippen molar-refractivity contribution in [3.63, 3.8) is 0 Å². The summed E-state index contributed by atoms with van der Waals surface area (Å²) in [6.45, 7) is -0.371. The first-order valence-corrected chi connectivity index (χ1v) is 5.62. The summed E-state index contributed by atoms with van der Waals surface area (Å²) in [4.78, 5) is 21.7. The summed E-state index contributed by atoms with van der Waals surface area (Å²) in [5.74, 6) is -1.94. The van der Waals surface area contributed by atoms with Crippen molar-refractivity contribution in [1.82, 2.24) is 10.4 Å². The molecule has 1 heterocycles. The molecular formula is C6H10N2O6S. The first-order valence-electron chi connectivity index (χ1n) is 4.01. The minimum absolute atomic E-state index is 0.321. The highest BCUT2D eigenvalue weighted by Gasteiger charge is 2.29. The van der Waals surface area contributed by atoms with Crippen LogP contribution in [0.5, 0.6) is 0 Å². The van der Waals surface area contributed by atoms with Gasteiger partial charge in [0.05, 0.1) is 12.6 Å². The average molecular weight is 238 g/mol. The van der Waals surface area contributed by atoms with Crippen molar-refractivity contribution in [2.24, 2.45) is 0 Å². The van der Waals surface area contributed by atoms with Crippen LogP contribution < -0.4 is 5.43 Å². The van der Waals surface area contributed by atoms with Gasteiger partial charge in [-0.25, -0.2) is 0 Å². The second kappa shape index (κ2) is 4.13. The second-order valence-electron chi connectivity index (χ2n) is 3.12. The highest BCUT2D eigenvalue weighted by Crippen LogP contribution is 2.02. The van der Waals surface area contributed by atoms with Crippen LogP contribution in [0.2, 0.25) is 0 Å². The van der Waals surface area contributed by atoms with E-state index in [4.69, 9.17) is 9.66 Å². The van der Waals surface area contributed by atoms with Crippen LogP contribution in [0.1, 0.15) is 6.42 Å². The molecule has 0 aromatic carbocycles. The maximum absolute atomic E-state index is 11.0. The molecule has 9 heteroatoms. The van der Waals surface area contributed by atoms with Crippen molar-refractivity contribution < 1.29 is 27.7 Å². The molecule has 0 radical (unpaired) electrons. The lowest BCUT2D eigenvalue weighted by Crippen LogP contribution is -2.43. The quantitative estimate of drug-likeness (QED) is 0.367. The summed E-state index contributed by atoms with van der Waals surface area (Å²) >= 11 is 0. The minimum Gasteiger partial charge on any atom is -0.390 e. The van der Waals surface area contributed by atoms with Crippen LogP contribution >= 0.6 is 0 Å². The predicted molar refractivity (Wildman–Crippen MR) is 46.9 cm³/mol. The fourth-order valence-corrected chi connectivity index (χ4v) is 1.73. The molecule has 15 heavy (non-hydrogen) atoms. The maximum Gasteiger partial charge on any atom is 0.267 e. The third kappa shape index (κ3) is 3.81. The Labute approximate surface area is 85.6 Å². The van der Waals surface area contributed by atoms with Crippen LogP contribution in [0.4, 0.5) is 0 Å². The Kier molecular flexibility index (Phi) is 3.27. The summed E-state index contributed by atoms with van der Waals surface area (Å²) in [5.41, 5.74) is 2.13. The molecule has 3 N–H and O–H groups in total. The number of hydrazine groups is 1. The molecule has 0 aromatic heterocycles. The number of hydrogen-bond acceptors (Lipinski definition) is 5.